The normalized spacial score (nSPS) is 12.6. The van der Waals surface area contributed by atoms with Gasteiger partial charge in [0.05, 0.1) is 0 Å². The monoisotopic (exact) mass is 263 g/mol. The smallest absolute Gasteiger partial charge is 0.320 e. The van der Waals surface area contributed by atoms with Gasteiger partial charge >= 0.3 is 11.9 Å². The lowest BCUT2D eigenvalue weighted by atomic mass is 10.2. The summed E-state index contributed by atoms with van der Waals surface area (Å²) in [5, 5.41) is 25.6. The fourth-order valence-electron chi connectivity index (χ4n) is 0.669. The fraction of sp³-hybridized carbons (Fsp3) is 0.667. The molecule has 0 aliphatic carbocycles. The average molecular weight is 263 g/mol. The Balaban J connectivity index is 0. The molecule has 0 heterocycles. The van der Waals surface area contributed by atoms with Crippen LogP contribution in [0.3, 0.4) is 0 Å². The predicted octanol–water partition coefficient (Wildman–Crippen LogP) is -1.92. The molecule has 0 aromatic carbocycles. The van der Waals surface area contributed by atoms with Gasteiger partial charge in [-0.2, -0.15) is 0 Å². The second kappa shape index (κ2) is 10.3. The van der Waals surface area contributed by atoms with Gasteiger partial charge in [-0.05, 0) is 19.8 Å². The van der Waals surface area contributed by atoms with Crippen LogP contribution in [0.15, 0.2) is 0 Å². The minimum absolute atomic E-state index is 0.112. The molecule has 9 heteroatoms. The number of guanidine groups is 1. The number of rotatable bonds is 6. The summed E-state index contributed by atoms with van der Waals surface area (Å²) >= 11 is 0. The fourth-order valence-corrected chi connectivity index (χ4v) is 0.669. The van der Waals surface area contributed by atoms with Gasteiger partial charge < -0.3 is 32.7 Å². The van der Waals surface area contributed by atoms with Crippen LogP contribution in [0.2, 0.25) is 0 Å². The molecule has 2 atom stereocenters. The Kier molecular flexibility index (Phi) is 10.6. The lowest BCUT2D eigenvalue weighted by molar-refractivity contribution is -0.139. The molecule has 0 radical (unpaired) electrons. The molecule has 2 unspecified atom stereocenters. The molecule has 9 nitrogen and oxygen atoms in total. The summed E-state index contributed by atoms with van der Waals surface area (Å²) in [6.45, 7) is 1.90. The van der Waals surface area contributed by atoms with Crippen molar-refractivity contribution in [2.75, 3.05) is 6.54 Å². The molecule has 0 aliphatic rings. The van der Waals surface area contributed by atoms with Crippen LogP contribution in [0, 0.1) is 5.41 Å². The molecule has 0 aromatic rings. The minimum atomic E-state index is -1.00. The molecule has 0 rings (SSSR count). The molecule has 0 saturated carbocycles. The Morgan fingerprint density at radius 2 is 1.72 bits per heavy atom. The van der Waals surface area contributed by atoms with Crippen molar-refractivity contribution in [1.82, 2.24) is 5.32 Å². The van der Waals surface area contributed by atoms with E-state index in [0.717, 1.165) is 0 Å². The summed E-state index contributed by atoms with van der Waals surface area (Å²) in [5.41, 5.74) is 15.1. The van der Waals surface area contributed by atoms with E-state index >= 15 is 0 Å². The Bertz CT molecular complexity index is 282. The van der Waals surface area contributed by atoms with Crippen LogP contribution in [-0.4, -0.2) is 46.7 Å². The Morgan fingerprint density at radius 1 is 1.28 bits per heavy atom. The lowest BCUT2D eigenvalue weighted by Crippen LogP contribution is -2.34. The number of nitrogens with two attached hydrogens (primary N) is 3. The number of carboxylic acids is 2. The van der Waals surface area contributed by atoms with E-state index in [0.29, 0.717) is 19.4 Å². The Labute approximate surface area is 105 Å². The first kappa shape index (κ1) is 18.5. The van der Waals surface area contributed by atoms with Gasteiger partial charge in [0.2, 0.25) is 0 Å². The van der Waals surface area contributed by atoms with Crippen molar-refractivity contribution in [2.24, 2.45) is 17.2 Å². The van der Waals surface area contributed by atoms with Gasteiger partial charge in [-0.1, -0.05) is 0 Å². The molecule has 0 aliphatic heterocycles. The molecular formula is C9H21N5O4. The van der Waals surface area contributed by atoms with E-state index in [1.54, 1.807) is 0 Å². The van der Waals surface area contributed by atoms with Crippen molar-refractivity contribution in [2.45, 2.75) is 31.8 Å². The highest BCUT2D eigenvalue weighted by molar-refractivity contribution is 5.74. The summed E-state index contributed by atoms with van der Waals surface area (Å²) in [4.78, 5) is 19.8. The van der Waals surface area contributed by atoms with Crippen molar-refractivity contribution < 1.29 is 19.8 Å². The first-order valence-electron chi connectivity index (χ1n) is 5.23. The number of carboxylic acid groups (broad SMARTS) is 2. The van der Waals surface area contributed by atoms with Gasteiger partial charge in [0.15, 0.2) is 5.96 Å². The van der Waals surface area contributed by atoms with Crippen LogP contribution in [0.1, 0.15) is 19.8 Å². The zero-order valence-electron chi connectivity index (χ0n) is 10.2. The zero-order chi connectivity index (χ0) is 14.7. The van der Waals surface area contributed by atoms with E-state index in [9.17, 15) is 9.59 Å². The van der Waals surface area contributed by atoms with E-state index < -0.39 is 24.0 Å². The number of carbonyl (C=O) groups is 2. The topological polar surface area (TPSA) is 189 Å². The van der Waals surface area contributed by atoms with E-state index in [2.05, 4.69) is 5.32 Å². The maximum absolute atomic E-state index is 10.2. The van der Waals surface area contributed by atoms with Crippen molar-refractivity contribution in [3.63, 3.8) is 0 Å². The molecule has 0 aromatic heterocycles. The first-order chi connectivity index (χ1) is 8.18. The third kappa shape index (κ3) is 14.1. The average Bonchev–Trinajstić information content (AvgIpc) is 2.24. The Hall–Kier alpha value is -1.87. The largest absolute Gasteiger partial charge is 0.480 e. The molecular weight excluding hydrogens is 242 g/mol. The Morgan fingerprint density at radius 3 is 2.00 bits per heavy atom. The maximum atomic E-state index is 10.2. The predicted molar refractivity (Wildman–Crippen MR) is 66.0 cm³/mol. The third-order valence-electron chi connectivity index (χ3n) is 1.71. The summed E-state index contributed by atoms with van der Waals surface area (Å²) < 4.78 is 0. The molecule has 106 valence electrons. The quantitative estimate of drug-likeness (QED) is 0.164. The van der Waals surface area contributed by atoms with E-state index in [4.69, 9.17) is 32.8 Å². The van der Waals surface area contributed by atoms with Crippen LogP contribution >= 0.6 is 0 Å². The van der Waals surface area contributed by atoms with Gasteiger partial charge in [0.25, 0.3) is 0 Å². The first-order valence-corrected chi connectivity index (χ1v) is 5.23. The third-order valence-corrected chi connectivity index (χ3v) is 1.71. The number of aliphatic carboxylic acids is 2. The van der Waals surface area contributed by atoms with Crippen molar-refractivity contribution in [1.29, 1.82) is 5.41 Å². The second-order valence-electron chi connectivity index (χ2n) is 3.55. The molecule has 0 fully saturated rings. The van der Waals surface area contributed by atoms with Gasteiger partial charge in [-0.15, -0.1) is 0 Å². The maximum Gasteiger partial charge on any atom is 0.320 e. The number of hydrogen-bond acceptors (Lipinski definition) is 5. The van der Waals surface area contributed by atoms with E-state index in [1.807, 2.05) is 0 Å². The van der Waals surface area contributed by atoms with Crippen molar-refractivity contribution >= 4 is 17.9 Å². The van der Waals surface area contributed by atoms with Crippen LogP contribution in [0.5, 0.6) is 0 Å². The molecule has 10 N–H and O–H groups in total. The number of hydrogen-bond donors (Lipinski definition) is 7. The van der Waals surface area contributed by atoms with Gasteiger partial charge in [0, 0.05) is 6.54 Å². The number of nitrogens with one attached hydrogen (secondary N) is 2. The molecule has 0 spiro atoms. The molecule has 0 saturated heterocycles. The highest BCUT2D eigenvalue weighted by Crippen LogP contribution is 1.92. The molecule has 18 heavy (non-hydrogen) atoms. The van der Waals surface area contributed by atoms with Gasteiger partial charge in [-0.3, -0.25) is 15.0 Å². The van der Waals surface area contributed by atoms with Crippen LogP contribution in [0.4, 0.5) is 0 Å². The molecule has 0 bridgehead atoms. The van der Waals surface area contributed by atoms with E-state index in [1.165, 1.54) is 6.92 Å². The highest BCUT2D eigenvalue weighted by atomic mass is 16.4. The summed E-state index contributed by atoms with van der Waals surface area (Å²) in [7, 11) is 0. The van der Waals surface area contributed by atoms with Crippen molar-refractivity contribution in [3.8, 4) is 0 Å². The van der Waals surface area contributed by atoms with Crippen molar-refractivity contribution in [3.05, 3.63) is 0 Å². The highest BCUT2D eigenvalue weighted by Gasteiger charge is 2.09. The standard InChI is InChI=1S/C6H14N4O2.C3H7NO2/c7-4(5(11)12)2-1-3-10-6(8)9;1-2(4)3(5)6/h4H,1-3,7H2,(H,11,12)(H4,8,9,10);2H,4H2,1H3,(H,5,6). The minimum Gasteiger partial charge on any atom is -0.480 e. The summed E-state index contributed by atoms with van der Waals surface area (Å²) in [5.74, 6) is -2.08. The summed E-state index contributed by atoms with van der Waals surface area (Å²) in [6.07, 6.45) is 0.975. The van der Waals surface area contributed by atoms with E-state index in [-0.39, 0.29) is 5.96 Å². The van der Waals surface area contributed by atoms with Crippen LogP contribution in [-0.2, 0) is 9.59 Å². The van der Waals surface area contributed by atoms with Crippen LogP contribution in [0.25, 0.3) is 0 Å². The second-order valence-corrected chi connectivity index (χ2v) is 3.55. The van der Waals surface area contributed by atoms with Crippen LogP contribution < -0.4 is 22.5 Å². The van der Waals surface area contributed by atoms with Gasteiger partial charge in [0.1, 0.15) is 12.1 Å². The SMILES string of the molecule is CC(N)C(=O)O.N=C(N)NCCCC(N)C(=O)O. The lowest BCUT2D eigenvalue weighted by Gasteiger charge is -2.06. The summed E-state index contributed by atoms with van der Waals surface area (Å²) in [6, 6.07) is -1.55. The van der Waals surface area contributed by atoms with Gasteiger partial charge in [-0.25, -0.2) is 0 Å². The zero-order valence-corrected chi connectivity index (χ0v) is 10.2. The molecule has 0 amide bonds.